The van der Waals surface area contributed by atoms with Crippen LogP contribution in [0.25, 0.3) is 0 Å². The van der Waals surface area contributed by atoms with E-state index in [2.05, 4.69) is 4.99 Å². The zero-order valence-electron chi connectivity index (χ0n) is 34.0. The van der Waals surface area contributed by atoms with Gasteiger partial charge in [-0.25, -0.2) is 8.78 Å². The molecule has 0 heterocycles. The van der Waals surface area contributed by atoms with Crippen molar-refractivity contribution in [1.82, 2.24) is 0 Å². The molecule has 0 radical (unpaired) electrons. The Kier molecular flexibility index (Phi) is 16.1. The molecule has 59 heavy (non-hydrogen) atoms. The van der Waals surface area contributed by atoms with Gasteiger partial charge in [0.05, 0.1) is 5.71 Å². The molecule has 304 valence electrons. The third kappa shape index (κ3) is 13.5. The van der Waals surface area contributed by atoms with Crippen molar-refractivity contribution in [3.63, 3.8) is 0 Å². The average Bonchev–Trinajstić information content (AvgIpc) is 3.24. The summed E-state index contributed by atoms with van der Waals surface area (Å²) < 4.78 is 50.9. The third-order valence-electron chi connectivity index (χ3n) is 9.24. The van der Waals surface area contributed by atoms with Crippen LogP contribution in [0, 0.1) is 25.5 Å². The molecular formula is C50H49F2NO6. The van der Waals surface area contributed by atoms with Gasteiger partial charge in [-0.1, -0.05) is 127 Å². The van der Waals surface area contributed by atoms with Crippen LogP contribution in [-0.4, -0.2) is 24.2 Å². The molecule has 0 aliphatic heterocycles. The van der Waals surface area contributed by atoms with Gasteiger partial charge in [-0.2, -0.15) is 0 Å². The van der Waals surface area contributed by atoms with E-state index in [9.17, 15) is 18.4 Å². The van der Waals surface area contributed by atoms with E-state index in [1.54, 1.807) is 45.0 Å². The van der Waals surface area contributed by atoms with Gasteiger partial charge in [0, 0.05) is 40.8 Å². The van der Waals surface area contributed by atoms with Gasteiger partial charge in [0.15, 0.2) is 0 Å². The van der Waals surface area contributed by atoms with Crippen LogP contribution in [0.3, 0.4) is 0 Å². The highest BCUT2D eigenvalue weighted by Gasteiger charge is 2.18. The number of carbonyl (C=O) groups excluding carboxylic acids is 2. The molecule has 0 aromatic heterocycles. The van der Waals surface area contributed by atoms with Gasteiger partial charge in [-0.15, -0.1) is 0 Å². The fraction of sp³-hybridized carbons (Fsp3) is 0.220. The van der Waals surface area contributed by atoms with Crippen molar-refractivity contribution in [2.75, 3.05) is 6.54 Å². The van der Waals surface area contributed by atoms with E-state index in [0.29, 0.717) is 36.0 Å². The average molecular weight is 798 g/mol. The molecular weight excluding hydrogens is 749 g/mol. The summed E-state index contributed by atoms with van der Waals surface area (Å²) in [4.78, 5) is 28.4. The van der Waals surface area contributed by atoms with Gasteiger partial charge in [0.25, 0.3) is 0 Å². The van der Waals surface area contributed by atoms with E-state index in [1.807, 2.05) is 123 Å². The molecule has 0 amide bonds. The van der Waals surface area contributed by atoms with Crippen molar-refractivity contribution in [2.45, 2.75) is 66.5 Å². The van der Waals surface area contributed by atoms with Crippen molar-refractivity contribution in [2.24, 2.45) is 4.99 Å². The van der Waals surface area contributed by atoms with Crippen LogP contribution in [0.5, 0.6) is 11.5 Å². The first-order valence-corrected chi connectivity index (χ1v) is 19.5. The molecule has 6 rings (SSSR count). The Hall–Kier alpha value is -6.61. The maximum Gasteiger partial charge on any atom is 0.328 e. The zero-order valence-corrected chi connectivity index (χ0v) is 34.0. The first kappa shape index (κ1) is 43.5. The fourth-order valence-electron chi connectivity index (χ4n) is 5.88. The smallest absolute Gasteiger partial charge is 0.328 e. The number of ether oxygens (including phenoxy) is 4. The topological polar surface area (TPSA) is 83.4 Å². The predicted octanol–water partition coefficient (Wildman–Crippen LogP) is 11.6. The van der Waals surface area contributed by atoms with Crippen LogP contribution in [0.1, 0.15) is 83.9 Å². The first-order valence-electron chi connectivity index (χ1n) is 19.5. The minimum Gasteiger partial charge on any atom is -0.489 e. The highest BCUT2D eigenvalue weighted by atomic mass is 19.1. The zero-order chi connectivity index (χ0) is 42.1. The molecule has 0 aliphatic carbocycles. The highest BCUT2D eigenvalue weighted by Crippen LogP contribution is 2.27. The van der Waals surface area contributed by atoms with Crippen LogP contribution in [-0.2, 0) is 32.3 Å². The van der Waals surface area contributed by atoms with Crippen molar-refractivity contribution < 1.29 is 37.3 Å². The molecule has 9 heteroatoms. The van der Waals surface area contributed by atoms with Crippen LogP contribution < -0.4 is 9.47 Å². The SMILES string of the molecule is CCC(=O)OC(C)c1ccc(OCc2ccc(C)cc2)cc1F.Cc1ccc(COc2ccc(C(C)OC(=O)CN=C(c3ccccc3)c3ccccc3)c(F)c2)cc1. The predicted molar refractivity (Wildman–Crippen MR) is 227 cm³/mol. The lowest BCUT2D eigenvalue weighted by molar-refractivity contribution is -0.148. The number of nitrogens with zero attached hydrogens (tertiary/aromatic N) is 1. The first-order chi connectivity index (χ1) is 28.5. The molecule has 0 N–H and O–H groups in total. The van der Waals surface area contributed by atoms with E-state index < -0.39 is 29.8 Å². The van der Waals surface area contributed by atoms with Crippen LogP contribution in [0.15, 0.2) is 151 Å². The Balaban J connectivity index is 0.000000248. The molecule has 0 aliphatic rings. The van der Waals surface area contributed by atoms with Crippen molar-refractivity contribution in [3.05, 3.63) is 202 Å². The number of hydrogen-bond acceptors (Lipinski definition) is 7. The summed E-state index contributed by atoms with van der Waals surface area (Å²) in [5.74, 6) is -0.962. The largest absolute Gasteiger partial charge is 0.489 e. The lowest BCUT2D eigenvalue weighted by Gasteiger charge is -2.15. The molecule has 0 spiro atoms. The van der Waals surface area contributed by atoms with E-state index in [1.165, 1.54) is 23.3 Å². The van der Waals surface area contributed by atoms with Gasteiger partial charge in [0.1, 0.15) is 55.1 Å². The fourth-order valence-corrected chi connectivity index (χ4v) is 5.88. The van der Waals surface area contributed by atoms with Gasteiger partial charge >= 0.3 is 11.9 Å². The molecule has 0 saturated carbocycles. The molecule has 2 atom stereocenters. The molecule has 0 bridgehead atoms. The summed E-state index contributed by atoms with van der Waals surface area (Å²) in [6.07, 6.45) is -1.12. The summed E-state index contributed by atoms with van der Waals surface area (Å²) in [5, 5.41) is 0. The standard InChI is InChI=1S/C31H28FNO3.C19H21FO3/c1-22-13-15-24(16-14-22)21-35-27-17-18-28(29(32)19-27)23(2)36-30(34)20-33-31(25-9-5-3-6-10-25)26-11-7-4-8-12-26;1-4-19(21)23-14(3)17-10-9-16(11-18(17)20)22-12-15-7-5-13(2)6-8-15/h3-19,23H,20-21H2,1-2H3;5-11,14H,4,12H2,1-3H3. The lowest BCUT2D eigenvalue weighted by Crippen LogP contribution is -2.15. The van der Waals surface area contributed by atoms with Gasteiger partial charge in [-0.05, 0) is 63.1 Å². The monoisotopic (exact) mass is 797 g/mol. The summed E-state index contributed by atoms with van der Waals surface area (Å²) in [7, 11) is 0. The van der Waals surface area contributed by atoms with Crippen LogP contribution >= 0.6 is 0 Å². The summed E-state index contributed by atoms with van der Waals surface area (Å²) >= 11 is 0. The van der Waals surface area contributed by atoms with E-state index in [4.69, 9.17) is 18.9 Å². The minimum absolute atomic E-state index is 0.178. The van der Waals surface area contributed by atoms with Gasteiger partial charge < -0.3 is 18.9 Å². The van der Waals surface area contributed by atoms with Gasteiger partial charge in [0.2, 0.25) is 0 Å². The van der Waals surface area contributed by atoms with E-state index >= 15 is 0 Å². The Labute approximate surface area is 345 Å². The van der Waals surface area contributed by atoms with Crippen molar-refractivity contribution in [1.29, 1.82) is 0 Å². The molecule has 0 saturated heterocycles. The maximum atomic E-state index is 14.8. The Bertz CT molecular complexity index is 2250. The van der Waals surface area contributed by atoms with Crippen molar-refractivity contribution in [3.8, 4) is 11.5 Å². The number of aliphatic imine (C=N–C) groups is 1. The van der Waals surface area contributed by atoms with E-state index in [-0.39, 0.29) is 24.5 Å². The second-order valence-corrected chi connectivity index (χ2v) is 13.9. The molecule has 0 fully saturated rings. The Morgan fingerprint density at radius 3 is 1.36 bits per heavy atom. The summed E-state index contributed by atoms with van der Waals surface area (Å²) in [5.41, 5.74) is 7.48. The van der Waals surface area contributed by atoms with E-state index in [0.717, 1.165) is 22.3 Å². The second kappa shape index (κ2) is 21.8. The Morgan fingerprint density at radius 1 is 0.559 bits per heavy atom. The molecule has 7 nitrogen and oxygen atoms in total. The molecule has 6 aromatic carbocycles. The van der Waals surface area contributed by atoms with Crippen molar-refractivity contribution >= 4 is 17.7 Å². The number of benzene rings is 6. The van der Waals surface area contributed by atoms with Crippen LogP contribution in [0.4, 0.5) is 8.78 Å². The Morgan fingerprint density at radius 2 is 0.966 bits per heavy atom. The van der Waals surface area contributed by atoms with Gasteiger partial charge in [-0.3, -0.25) is 14.6 Å². The number of esters is 2. The minimum atomic E-state index is -0.768. The van der Waals surface area contributed by atoms with Crippen LogP contribution in [0.2, 0.25) is 0 Å². The third-order valence-corrected chi connectivity index (χ3v) is 9.24. The number of carbonyl (C=O) groups is 2. The normalized spacial score (nSPS) is 11.6. The molecule has 2 unspecified atom stereocenters. The molecule has 6 aromatic rings. The number of rotatable bonds is 15. The maximum absolute atomic E-state index is 14.8. The number of halogens is 2. The number of aryl methyl sites for hydroxylation is 2. The second-order valence-electron chi connectivity index (χ2n) is 13.9. The summed E-state index contributed by atoms with van der Waals surface area (Å²) in [6, 6.07) is 44.4. The number of hydrogen-bond donors (Lipinski definition) is 0. The lowest BCUT2D eigenvalue weighted by atomic mass is 10.0. The highest BCUT2D eigenvalue weighted by molar-refractivity contribution is 6.13. The quantitative estimate of drug-likeness (QED) is 0.0760. The summed E-state index contributed by atoms with van der Waals surface area (Å²) in [6.45, 7) is 9.57.